The predicted molar refractivity (Wildman–Crippen MR) is 194 cm³/mol. The molecule has 0 unspecified atom stereocenters. The van der Waals surface area contributed by atoms with Crippen molar-refractivity contribution in [3.63, 3.8) is 0 Å². The van der Waals surface area contributed by atoms with Crippen LogP contribution in [0.4, 0.5) is 0 Å². The molecule has 1 heterocycles. The van der Waals surface area contributed by atoms with Crippen LogP contribution in [0, 0.1) is 16.7 Å². The number of nitriles is 1. The van der Waals surface area contributed by atoms with Gasteiger partial charge in [-0.15, -0.1) is 0 Å². The fourth-order valence-corrected chi connectivity index (χ4v) is 7.15. The van der Waals surface area contributed by atoms with Crippen LogP contribution in [0.1, 0.15) is 85.6 Å². The summed E-state index contributed by atoms with van der Waals surface area (Å²) in [5.41, 5.74) is 5.69. The summed E-state index contributed by atoms with van der Waals surface area (Å²) in [6.07, 6.45) is 8.35. The summed E-state index contributed by atoms with van der Waals surface area (Å²) in [7, 11) is 0. The maximum Gasteiger partial charge on any atom is 0.303 e. The zero-order valence-electron chi connectivity index (χ0n) is 27.2. The number of fused-ring (bicyclic) bond motifs is 1. The predicted octanol–water partition coefficient (Wildman–Crippen LogP) is 9.32. The number of carboxylic acids is 2. The van der Waals surface area contributed by atoms with E-state index in [0.29, 0.717) is 16.7 Å². The largest absolute Gasteiger partial charge is 0.481 e. The van der Waals surface area contributed by atoms with E-state index in [-0.39, 0.29) is 18.3 Å². The van der Waals surface area contributed by atoms with Gasteiger partial charge in [0.15, 0.2) is 0 Å². The average Bonchev–Trinajstić information content (AvgIpc) is 3.82. The van der Waals surface area contributed by atoms with Gasteiger partial charge in [-0.1, -0.05) is 78.3 Å². The molecule has 1 atom stereocenters. The molecule has 0 aliphatic heterocycles. The van der Waals surface area contributed by atoms with Gasteiger partial charge < -0.3 is 15.3 Å². The Hall–Kier alpha value is -4.16. The van der Waals surface area contributed by atoms with Crippen molar-refractivity contribution in [2.45, 2.75) is 69.6 Å². The third kappa shape index (κ3) is 11.2. The minimum absolute atomic E-state index is 0.185. The third-order valence-electron chi connectivity index (χ3n) is 8.31. The van der Waals surface area contributed by atoms with Crippen molar-refractivity contribution in [1.82, 2.24) is 4.98 Å². The highest BCUT2D eigenvalue weighted by Crippen LogP contribution is 2.53. The van der Waals surface area contributed by atoms with Gasteiger partial charge in [0.25, 0.3) is 0 Å². The normalized spacial score (nSPS) is 14.1. The second-order valence-electron chi connectivity index (χ2n) is 12.8. The quantitative estimate of drug-likeness (QED) is 0.120. The lowest BCUT2D eigenvalue weighted by Crippen LogP contribution is -2.18. The molecule has 3 N–H and O–H groups in total. The number of benzene rings is 3. The van der Waals surface area contributed by atoms with Gasteiger partial charge in [0.2, 0.25) is 0 Å². The van der Waals surface area contributed by atoms with E-state index in [0.717, 1.165) is 59.2 Å². The molecule has 0 amide bonds. The summed E-state index contributed by atoms with van der Waals surface area (Å²) in [6, 6.07) is 29.2. The van der Waals surface area contributed by atoms with Crippen LogP contribution in [0.15, 0.2) is 78.9 Å². The van der Waals surface area contributed by atoms with Crippen LogP contribution >= 0.6 is 23.4 Å². The van der Waals surface area contributed by atoms with Crippen molar-refractivity contribution in [1.29, 1.82) is 5.26 Å². The van der Waals surface area contributed by atoms with Crippen LogP contribution in [-0.2, 0) is 21.6 Å². The number of hydrogen-bond acceptors (Lipinski definition) is 6. The minimum Gasteiger partial charge on any atom is -0.481 e. The van der Waals surface area contributed by atoms with E-state index in [9.17, 15) is 20.0 Å². The van der Waals surface area contributed by atoms with Crippen molar-refractivity contribution in [3.05, 3.63) is 112 Å². The Morgan fingerprint density at radius 3 is 2.38 bits per heavy atom. The monoisotopic (exact) mass is 684 g/mol. The highest BCUT2D eigenvalue weighted by Gasteiger charge is 2.42. The highest BCUT2D eigenvalue weighted by molar-refractivity contribution is 7.99. The first-order chi connectivity index (χ1) is 22.9. The van der Waals surface area contributed by atoms with Crippen molar-refractivity contribution in [3.8, 4) is 6.07 Å². The van der Waals surface area contributed by atoms with E-state index in [2.05, 4.69) is 54.6 Å². The molecule has 0 saturated heterocycles. The molecule has 1 fully saturated rings. The molecule has 5 rings (SSSR count). The topological polar surface area (TPSA) is 132 Å². The second-order valence-corrected chi connectivity index (χ2v) is 14.4. The Balaban J connectivity index is 0.000000579. The Kier molecular flexibility index (Phi) is 12.8. The zero-order valence-corrected chi connectivity index (χ0v) is 28.8. The van der Waals surface area contributed by atoms with Gasteiger partial charge in [-0.2, -0.15) is 17.0 Å². The van der Waals surface area contributed by atoms with Gasteiger partial charge in [-0.25, -0.2) is 4.98 Å². The number of halogens is 1. The Bertz CT molecular complexity index is 1790. The van der Waals surface area contributed by atoms with Gasteiger partial charge in [-0.05, 0) is 91.5 Å². The summed E-state index contributed by atoms with van der Waals surface area (Å²) in [5, 5.41) is 37.9. The number of carboxylic acid groups (broad SMARTS) is 2. The lowest BCUT2D eigenvalue weighted by molar-refractivity contribution is -0.143. The van der Waals surface area contributed by atoms with Crippen molar-refractivity contribution < 1.29 is 24.9 Å². The summed E-state index contributed by atoms with van der Waals surface area (Å²) < 4.78 is 0. The number of aryl methyl sites for hydroxylation is 1. The molecule has 0 spiro atoms. The number of hydrogen-bond donors (Lipinski definition) is 3. The molecule has 48 heavy (non-hydrogen) atoms. The van der Waals surface area contributed by atoms with Gasteiger partial charge >= 0.3 is 11.9 Å². The minimum atomic E-state index is -1.08. The number of aliphatic hydroxyl groups is 1. The van der Waals surface area contributed by atoms with Crippen LogP contribution in [0.3, 0.4) is 0 Å². The maximum atomic E-state index is 10.7. The summed E-state index contributed by atoms with van der Waals surface area (Å²) in [5.74, 6) is -1.15. The molecule has 1 aromatic heterocycles. The van der Waals surface area contributed by atoms with Crippen LogP contribution < -0.4 is 0 Å². The van der Waals surface area contributed by atoms with Crippen molar-refractivity contribution >= 4 is 58.4 Å². The number of aromatic nitrogens is 1. The van der Waals surface area contributed by atoms with Gasteiger partial charge in [0.05, 0.1) is 35.7 Å². The number of rotatable bonds is 14. The van der Waals surface area contributed by atoms with Crippen LogP contribution in [0.2, 0.25) is 5.02 Å². The molecule has 1 aliphatic carbocycles. The van der Waals surface area contributed by atoms with E-state index >= 15 is 0 Å². The van der Waals surface area contributed by atoms with E-state index in [4.69, 9.17) is 26.8 Å². The third-order valence-corrected chi connectivity index (χ3v) is 10.2. The number of nitrogens with zero attached hydrogens (tertiary/aromatic N) is 2. The fourth-order valence-electron chi connectivity index (χ4n) is 5.42. The van der Waals surface area contributed by atoms with E-state index in [1.165, 1.54) is 11.1 Å². The summed E-state index contributed by atoms with van der Waals surface area (Å²) >= 11 is 8.15. The molecule has 9 heteroatoms. The molecular weight excluding hydrogens is 644 g/mol. The maximum absolute atomic E-state index is 10.7. The molecule has 1 aliphatic rings. The average molecular weight is 685 g/mol. The highest BCUT2D eigenvalue weighted by atomic mass is 35.5. The Labute approximate surface area is 291 Å². The molecule has 4 aromatic rings. The first-order valence-corrected chi connectivity index (χ1v) is 17.4. The first-order valence-electron chi connectivity index (χ1n) is 15.9. The summed E-state index contributed by atoms with van der Waals surface area (Å²) in [4.78, 5) is 24.0. The van der Waals surface area contributed by atoms with Crippen LogP contribution in [0.5, 0.6) is 0 Å². The van der Waals surface area contributed by atoms with E-state index < -0.39 is 17.5 Å². The lowest BCUT2D eigenvalue weighted by Gasteiger charge is -2.24. The van der Waals surface area contributed by atoms with Gasteiger partial charge in [0, 0.05) is 27.8 Å². The lowest BCUT2D eigenvalue weighted by atomic mass is 9.90. The van der Waals surface area contributed by atoms with Crippen LogP contribution in [-0.4, -0.2) is 38.0 Å². The second kappa shape index (κ2) is 16.8. The van der Waals surface area contributed by atoms with Gasteiger partial charge in [0.1, 0.15) is 0 Å². The Morgan fingerprint density at radius 1 is 1.00 bits per heavy atom. The van der Waals surface area contributed by atoms with E-state index in [1.807, 2.05) is 68.1 Å². The number of carbonyl (C=O) groups is 2. The summed E-state index contributed by atoms with van der Waals surface area (Å²) in [6.45, 7) is 3.71. The smallest absolute Gasteiger partial charge is 0.303 e. The Morgan fingerprint density at radius 2 is 1.71 bits per heavy atom. The van der Waals surface area contributed by atoms with Crippen molar-refractivity contribution in [2.75, 3.05) is 5.75 Å². The molecule has 7 nitrogen and oxygen atoms in total. The molecule has 0 radical (unpaired) electrons. The molecular formula is C39H41ClN2O5S. The number of aliphatic carboxylic acids is 2. The fraction of sp³-hybridized carbons (Fsp3) is 0.333. The SMILES string of the molecule is CC(C)(O)c1ccccc1CC[C@@H](SCC1(CC#N)CC1)c1cccc(/C=C/c2ccc3ccc(Cl)cc3n2)c1.O=C(O)CCC(=O)O. The first kappa shape index (κ1) is 36.7. The number of thioether (sulfide) groups is 1. The van der Waals surface area contributed by atoms with E-state index in [1.54, 1.807) is 0 Å². The van der Waals surface area contributed by atoms with Crippen LogP contribution in [0.25, 0.3) is 23.1 Å². The number of pyridine rings is 1. The molecule has 1 saturated carbocycles. The molecule has 0 bridgehead atoms. The zero-order chi connectivity index (χ0) is 34.7. The molecule has 250 valence electrons. The molecule has 3 aromatic carbocycles. The van der Waals surface area contributed by atoms with Gasteiger partial charge in [-0.3, -0.25) is 9.59 Å². The van der Waals surface area contributed by atoms with Crippen molar-refractivity contribution in [2.24, 2.45) is 5.41 Å². The standard InChI is InChI=1S/C35H35ClN2OS.C4H6O4/c1-34(2,39)31-9-4-3-7-26(31)13-17-33(40-24-35(18-19-35)20-21-37)28-8-5-6-25(22-28)10-15-30-16-12-27-11-14-29(36)23-32(27)38-30;5-3(6)1-2-4(7)8/h3-12,14-16,22-23,33,39H,13,17-20,24H2,1-2H3;1-2H2,(H,5,6)(H,7,8)/b15-10+;/t33-;/m1./s1.